The minimum atomic E-state index is -0.816. The molecule has 4 aliphatic carbocycles. The molecule has 0 bridgehead atoms. The van der Waals surface area contributed by atoms with Crippen molar-refractivity contribution in [3.05, 3.63) is 23.8 Å². The molecule has 350 valence electrons. The Kier molecular flexibility index (Phi) is 24.4. The first-order valence-corrected chi connectivity index (χ1v) is 26.6. The largest absolute Gasteiger partial charge is 0.394 e. The summed E-state index contributed by atoms with van der Waals surface area (Å²) in [4.78, 5) is 0. The van der Waals surface area contributed by atoms with Crippen molar-refractivity contribution in [2.45, 2.75) is 239 Å². The monoisotopic (exact) mass is 840 g/mol. The predicted molar refractivity (Wildman–Crippen MR) is 256 cm³/mol. The highest BCUT2D eigenvalue weighted by atomic mass is 16.5. The second-order valence-corrected chi connectivity index (χ2v) is 22.0. The van der Waals surface area contributed by atoms with E-state index >= 15 is 0 Å². The van der Waals surface area contributed by atoms with E-state index in [9.17, 15) is 5.11 Å². The minimum absolute atomic E-state index is 0.116. The van der Waals surface area contributed by atoms with Crippen LogP contribution < -0.4 is 5.73 Å². The average Bonchev–Trinajstić information content (AvgIpc) is 3.60. The molecule has 0 aliphatic heterocycles. The van der Waals surface area contributed by atoms with Gasteiger partial charge in [0.1, 0.15) is 0 Å². The molecule has 4 aliphatic rings. The molecule has 5 heteroatoms. The van der Waals surface area contributed by atoms with E-state index in [1.807, 2.05) is 0 Å². The number of rotatable bonds is 34. The SMILES string of the molecule is CCCCCCCC/C=C\CCCCCCCCOCC(N)(CO)COCCCCCCOC1CCC2(C)C(=CCC3C2CCC2(C)C(C(C)CCCC(C)C)CCC32)C1. The van der Waals surface area contributed by atoms with Crippen LogP contribution in [0.5, 0.6) is 0 Å². The number of ether oxygens (including phenoxy) is 3. The van der Waals surface area contributed by atoms with Gasteiger partial charge in [-0.1, -0.05) is 155 Å². The maximum absolute atomic E-state index is 9.96. The maximum atomic E-state index is 9.96. The van der Waals surface area contributed by atoms with E-state index in [1.165, 1.54) is 154 Å². The van der Waals surface area contributed by atoms with Crippen molar-refractivity contribution in [2.75, 3.05) is 39.6 Å². The molecule has 9 unspecified atom stereocenters. The van der Waals surface area contributed by atoms with Gasteiger partial charge in [0.05, 0.1) is 31.5 Å². The van der Waals surface area contributed by atoms with Crippen molar-refractivity contribution in [1.82, 2.24) is 0 Å². The van der Waals surface area contributed by atoms with E-state index in [1.54, 1.807) is 5.57 Å². The zero-order valence-electron chi connectivity index (χ0n) is 40.8. The van der Waals surface area contributed by atoms with Crippen molar-refractivity contribution < 1.29 is 19.3 Å². The van der Waals surface area contributed by atoms with E-state index in [2.05, 4.69) is 59.8 Å². The van der Waals surface area contributed by atoms with Crippen molar-refractivity contribution in [1.29, 1.82) is 0 Å². The second kappa shape index (κ2) is 28.2. The molecule has 0 amide bonds. The Labute approximate surface area is 373 Å². The van der Waals surface area contributed by atoms with Crippen LogP contribution in [0.15, 0.2) is 23.8 Å². The lowest BCUT2D eigenvalue weighted by Gasteiger charge is -2.58. The van der Waals surface area contributed by atoms with Gasteiger partial charge in [-0.25, -0.2) is 0 Å². The first-order valence-electron chi connectivity index (χ1n) is 26.6. The summed E-state index contributed by atoms with van der Waals surface area (Å²) in [7, 11) is 0. The molecular weight excluding hydrogens is 739 g/mol. The first kappa shape index (κ1) is 51.9. The number of hydrogen-bond donors (Lipinski definition) is 2. The molecule has 3 fully saturated rings. The van der Waals surface area contributed by atoms with Crippen LogP contribution >= 0.6 is 0 Å². The summed E-state index contributed by atoms with van der Waals surface area (Å²) in [6, 6.07) is 0. The van der Waals surface area contributed by atoms with Gasteiger partial charge in [-0.2, -0.15) is 0 Å². The molecule has 5 nitrogen and oxygen atoms in total. The lowest BCUT2D eigenvalue weighted by atomic mass is 9.47. The second-order valence-electron chi connectivity index (χ2n) is 22.0. The van der Waals surface area contributed by atoms with Gasteiger partial charge in [-0.3, -0.25) is 0 Å². The molecule has 0 spiro atoms. The summed E-state index contributed by atoms with van der Waals surface area (Å²) >= 11 is 0. The normalized spacial score (nSPS) is 29.4. The number of nitrogens with two attached hydrogens (primary N) is 1. The third kappa shape index (κ3) is 16.7. The lowest BCUT2D eigenvalue weighted by Crippen LogP contribution is -2.52. The van der Waals surface area contributed by atoms with Crippen LogP contribution in [-0.2, 0) is 14.2 Å². The van der Waals surface area contributed by atoms with Crippen LogP contribution in [0.1, 0.15) is 228 Å². The van der Waals surface area contributed by atoms with E-state index in [-0.39, 0.29) is 6.61 Å². The van der Waals surface area contributed by atoms with Gasteiger partial charge in [-0.05, 0) is 143 Å². The van der Waals surface area contributed by atoms with Crippen LogP contribution in [0, 0.1) is 46.3 Å². The van der Waals surface area contributed by atoms with E-state index < -0.39 is 5.54 Å². The fraction of sp³-hybridized carbons (Fsp3) is 0.927. The van der Waals surface area contributed by atoms with Crippen molar-refractivity contribution in [2.24, 2.45) is 52.1 Å². The van der Waals surface area contributed by atoms with Gasteiger partial charge in [-0.15, -0.1) is 0 Å². The molecule has 3 saturated carbocycles. The van der Waals surface area contributed by atoms with Crippen LogP contribution in [0.2, 0.25) is 0 Å². The summed E-state index contributed by atoms with van der Waals surface area (Å²) < 4.78 is 18.4. The number of unbranched alkanes of at least 4 members (excludes halogenated alkanes) is 15. The summed E-state index contributed by atoms with van der Waals surface area (Å²) in [5.74, 6) is 5.39. The third-order valence-electron chi connectivity index (χ3n) is 16.7. The third-order valence-corrected chi connectivity index (χ3v) is 16.7. The molecule has 0 saturated heterocycles. The Bertz CT molecular complexity index is 1180. The molecule has 9 atom stereocenters. The van der Waals surface area contributed by atoms with Gasteiger partial charge >= 0.3 is 0 Å². The Hall–Kier alpha value is -0.720. The molecule has 0 aromatic rings. The summed E-state index contributed by atoms with van der Waals surface area (Å²) in [6.07, 6.45) is 45.8. The Morgan fingerprint density at radius 1 is 0.717 bits per heavy atom. The van der Waals surface area contributed by atoms with Crippen molar-refractivity contribution >= 4 is 0 Å². The summed E-state index contributed by atoms with van der Waals surface area (Å²) in [5.41, 5.74) is 8.34. The van der Waals surface area contributed by atoms with Crippen molar-refractivity contribution in [3.8, 4) is 0 Å². The fourth-order valence-corrected chi connectivity index (χ4v) is 12.8. The summed E-state index contributed by atoms with van der Waals surface area (Å²) in [6.45, 7) is 17.9. The highest BCUT2D eigenvalue weighted by molar-refractivity contribution is 5.25. The maximum Gasteiger partial charge on any atom is 0.0862 e. The number of fused-ring (bicyclic) bond motifs is 5. The summed E-state index contributed by atoms with van der Waals surface area (Å²) in [5, 5.41) is 9.96. The first-order chi connectivity index (χ1) is 29.1. The molecule has 60 heavy (non-hydrogen) atoms. The number of aliphatic hydroxyl groups excluding tert-OH is 1. The van der Waals surface area contributed by atoms with E-state index in [0.29, 0.717) is 43.4 Å². The van der Waals surface area contributed by atoms with Crippen molar-refractivity contribution in [3.63, 3.8) is 0 Å². The highest BCUT2D eigenvalue weighted by Gasteiger charge is 2.59. The molecule has 3 N–H and O–H groups in total. The number of aliphatic hydroxyl groups is 1. The van der Waals surface area contributed by atoms with Crippen LogP contribution in [0.4, 0.5) is 0 Å². The predicted octanol–water partition coefficient (Wildman–Crippen LogP) is 14.7. The molecule has 0 radical (unpaired) electrons. The number of hydrogen-bond acceptors (Lipinski definition) is 5. The lowest BCUT2D eigenvalue weighted by molar-refractivity contribution is -0.0641. The molecule has 0 heterocycles. The van der Waals surface area contributed by atoms with Gasteiger partial charge in [0, 0.05) is 19.8 Å². The van der Waals surface area contributed by atoms with Gasteiger partial charge in [0.15, 0.2) is 0 Å². The molecule has 4 rings (SSSR count). The number of allylic oxidation sites excluding steroid dienone is 3. The topological polar surface area (TPSA) is 73.9 Å². The molecule has 0 aromatic heterocycles. The zero-order chi connectivity index (χ0) is 43.1. The highest BCUT2D eigenvalue weighted by Crippen LogP contribution is 2.67. The Morgan fingerprint density at radius 2 is 1.32 bits per heavy atom. The quantitative estimate of drug-likeness (QED) is 0.0499. The van der Waals surface area contributed by atoms with Crippen LogP contribution in [0.25, 0.3) is 0 Å². The molecule has 0 aromatic carbocycles. The van der Waals surface area contributed by atoms with Gasteiger partial charge < -0.3 is 25.1 Å². The van der Waals surface area contributed by atoms with Crippen LogP contribution in [-0.4, -0.2) is 56.4 Å². The Balaban J connectivity index is 0.978. The van der Waals surface area contributed by atoms with E-state index in [0.717, 1.165) is 74.2 Å². The van der Waals surface area contributed by atoms with Crippen LogP contribution in [0.3, 0.4) is 0 Å². The smallest absolute Gasteiger partial charge is 0.0862 e. The average molecular weight is 840 g/mol. The Morgan fingerprint density at radius 3 is 1.93 bits per heavy atom. The van der Waals surface area contributed by atoms with Gasteiger partial charge in [0.25, 0.3) is 0 Å². The minimum Gasteiger partial charge on any atom is -0.394 e. The zero-order valence-corrected chi connectivity index (χ0v) is 40.8. The standard InChI is InChI=1S/C55H101NO4/c1-7-8-9-10-11-12-13-14-15-16-17-18-19-20-21-24-38-58-43-55(56,42-57)44-59-39-25-22-23-26-40-60-48-34-36-53(5)47(41-48)30-31-49-51-33-32-50(46(4)29-27-28-45(2)3)54(51,6)37-35-52(49)53/h14-15,30,45-46,48-52,57H,7-13,16-29,31-44,56H2,1-6H3/b15-14-. The molecular formula is C55H101NO4. The van der Waals surface area contributed by atoms with E-state index in [4.69, 9.17) is 19.9 Å². The fourth-order valence-electron chi connectivity index (χ4n) is 12.8. The van der Waals surface area contributed by atoms with Gasteiger partial charge in [0.2, 0.25) is 0 Å².